The van der Waals surface area contributed by atoms with Gasteiger partial charge in [0.1, 0.15) is 11.6 Å². The van der Waals surface area contributed by atoms with Crippen molar-refractivity contribution in [2.75, 3.05) is 0 Å². The number of hydrogen-bond acceptors (Lipinski definition) is 3. The Labute approximate surface area is 111 Å². The van der Waals surface area contributed by atoms with Crippen LogP contribution < -0.4 is 5.43 Å². The quantitative estimate of drug-likeness (QED) is 0.843. The molecule has 0 saturated heterocycles. The summed E-state index contributed by atoms with van der Waals surface area (Å²) >= 11 is 0. The Kier molecular flexibility index (Phi) is 2.69. The molecule has 0 radical (unpaired) electrons. The number of hydrogen-bond donors (Lipinski definition) is 1. The molecular weight excluding hydrogens is 243 g/mol. The molecule has 0 amide bonds. The summed E-state index contributed by atoms with van der Waals surface area (Å²) in [5.41, 5.74) is 4.01. The largest absolute Gasteiger partial charge is 0.306 e. The second-order valence-corrected chi connectivity index (χ2v) is 6.20. The second-order valence-electron chi connectivity index (χ2n) is 6.20. The van der Waals surface area contributed by atoms with Crippen LogP contribution in [0.3, 0.4) is 0 Å². The summed E-state index contributed by atoms with van der Waals surface area (Å²) in [6, 6.07) is 6.51. The van der Waals surface area contributed by atoms with Gasteiger partial charge in [-0.3, -0.25) is 4.79 Å². The lowest BCUT2D eigenvalue weighted by Crippen LogP contribution is -2.45. The SMILES string of the molecule is CC1(C)CC(=O)[C@@H]2C(c3ccccc3F)=NN[C@H]2C1. The molecule has 19 heavy (non-hydrogen) atoms. The van der Waals surface area contributed by atoms with Gasteiger partial charge in [-0.2, -0.15) is 5.10 Å². The molecule has 100 valence electrons. The summed E-state index contributed by atoms with van der Waals surface area (Å²) in [5, 5.41) is 4.23. The van der Waals surface area contributed by atoms with Crippen molar-refractivity contribution in [3.05, 3.63) is 35.6 Å². The van der Waals surface area contributed by atoms with E-state index in [1.807, 2.05) is 0 Å². The lowest BCUT2D eigenvalue weighted by Gasteiger charge is -2.36. The highest BCUT2D eigenvalue weighted by atomic mass is 19.1. The average molecular weight is 260 g/mol. The van der Waals surface area contributed by atoms with Crippen LogP contribution in [0.2, 0.25) is 0 Å². The first-order chi connectivity index (χ1) is 8.98. The number of halogens is 1. The molecule has 1 aliphatic heterocycles. The molecule has 0 bridgehead atoms. The highest BCUT2D eigenvalue weighted by molar-refractivity contribution is 6.15. The van der Waals surface area contributed by atoms with Gasteiger partial charge in [-0.1, -0.05) is 32.0 Å². The van der Waals surface area contributed by atoms with Gasteiger partial charge >= 0.3 is 0 Å². The van der Waals surface area contributed by atoms with Crippen molar-refractivity contribution >= 4 is 11.5 Å². The van der Waals surface area contributed by atoms with Gasteiger partial charge in [0.25, 0.3) is 0 Å². The van der Waals surface area contributed by atoms with Crippen LogP contribution in [0.4, 0.5) is 4.39 Å². The van der Waals surface area contributed by atoms with Gasteiger partial charge in [0, 0.05) is 12.0 Å². The van der Waals surface area contributed by atoms with E-state index in [-0.39, 0.29) is 29.0 Å². The second kappa shape index (κ2) is 4.15. The zero-order valence-corrected chi connectivity index (χ0v) is 11.1. The summed E-state index contributed by atoms with van der Waals surface area (Å²) in [7, 11) is 0. The highest BCUT2D eigenvalue weighted by Crippen LogP contribution is 2.39. The molecule has 1 N–H and O–H groups in total. The Morgan fingerprint density at radius 2 is 2.11 bits per heavy atom. The van der Waals surface area contributed by atoms with Crippen LogP contribution in [0.15, 0.2) is 29.4 Å². The molecule has 1 fully saturated rings. The van der Waals surface area contributed by atoms with Crippen molar-refractivity contribution in [3.63, 3.8) is 0 Å². The molecule has 2 atom stereocenters. The number of ketones is 1. The summed E-state index contributed by atoms with van der Waals surface area (Å²) in [6.45, 7) is 4.17. The van der Waals surface area contributed by atoms with E-state index in [1.54, 1.807) is 18.2 Å². The van der Waals surface area contributed by atoms with Crippen molar-refractivity contribution < 1.29 is 9.18 Å². The molecule has 1 aromatic carbocycles. The van der Waals surface area contributed by atoms with E-state index in [4.69, 9.17) is 0 Å². The van der Waals surface area contributed by atoms with Crippen LogP contribution >= 0.6 is 0 Å². The van der Waals surface area contributed by atoms with Crippen molar-refractivity contribution in [1.29, 1.82) is 0 Å². The van der Waals surface area contributed by atoms with E-state index in [9.17, 15) is 9.18 Å². The molecule has 3 rings (SSSR count). The molecule has 0 aromatic heterocycles. The fourth-order valence-corrected chi connectivity index (χ4v) is 3.17. The minimum atomic E-state index is -0.318. The normalized spacial score (nSPS) is 28.6. The molecule has 0 spiro atoms. The van der Waals surface area contributed by atoms with Crippen LogP contribution in [0, 0.1) is 17.2 Å². The summed E-state index contributed by atoms with van der Waals surface area (Å²) in [4.78, 5) is 12.3. The summed E-state index contributed by atoms with van der Waals surface area (Å²) in [5.74, 6) is -0.459. The van der Waals surface area contributed by atoms with E-state index in [1.165, 1.54) is 6.07 Å². The standard InChI is InChI=1S/C15H17FN2O/c1-15(2)7-11-13(12(19)8-15)14(18-17-11)9-5-3-4-6-10(9)16/h3-6,11,13,17H,7-8H2,1-2H3/t11-,13+/m0/s1. The maximum atomic E-state index is 13.9. The van der Waals surface area contributed by atoms with E-state index < -0.39 is 0 Å². The van der Waals surface area contributed by atoms with Gasteiger partial charge in [-0.25, -0.2) is 4.39 Å². The first kappa shape index (κ1) is 12.3. The van der Waals surface area contributed by atoms with Crippen LogP contribution in [-0.2, 0) is 4.79 Å². The summed E-state index contributed by atoms with van der Waals surface area (Å²) < 4.78 is 13.9. The first-order valence-electron chi connectivity index (χ1n) is 6.59. The number of Topliss-reactive ketones (excluding diaryl/α,β-unsaturated/α-hetero) is 1. The Morgan fingerprint density at radius 1 is 1.37 bits per heavy atom. The lowest BCUT2D eigenvalue weighted by molar-refractivity contribution is -0.126. The van der Waals surface area contributed by atoms with Gasteiger partial charge in [0.05, 0.1) is 17.7 Å². The van der Waals surface area contributed by atoms with Gasteiger partial charge in [0.15, 0.2) is 0 Å². The molecule has 1 aromatic rings. The highest BCUT2D eigenvalue weighted by Gasteiger charge is 2.46. The fourth-order valence-electron chi connectivity index (χ4n) is 3.17. The predicted molar refractivity (Wildman–Crippen MR) is 71.4 cm³/mol. The molecule has 3 nitrogen and oxygen atoms in total. The molecule has 1 heterocycles. The molecule has 0 unspecified atom stereocenters. The molecule has 2 aliphatic rings. The lowest BCUT2D eigenvalue weighted by atomic mass is 9.68. The Morgan fingerprint density at radius 3 is 2.84 bits per heavy atom. The van der Waals surface area contributed by atoms with Crippen molar-refractivity contribution in [3.8, 4) is 0 Å². The third-order valence-corrected chi connectivity index (χ3v) is 3.97. The number of nitrogens with one attached hydrogen (secondary N) is 1. The van der Waals surface area contributed by atoms with Crippen molar-refractivity contribution in [2.24, 2.45) is 16.4 Å². The fraction of sp³-hybridized carbons (Fsp3) is 0.467. The van der Waals surface area contributed by atoms with E-state index >= 15 is 0 Å². The zero-order valence-electron chi connectivity index (χ0n) is 11.1. The Bertz CT molecular complexity index is 565. The van der Waals surface area contributed by atoms with Gasteiger partial charge < -0.3 is 5.43 Å². The number of fused-ring (bicyclic) bond motifs is 1. The molecule has 1 aliphatic carbocycles. The third-order valence-electron chi connectivity index (χ3n) is 3.97. The minimum absolute atomic E-state index is 0.00542. The Balaban J connectivity index is 1.95. The van der Waals surface area contributed by atoms with Crippen molar-refractivity contribution in [2.45, 2.75) is 32.7 Å². The smallest absolute Gasteiger partial charge is 0.144 e. The van der Waals surface area contributed by atoms with Gasteiger partial charge in [-0.15, -0.1) is 0 Å². The van der Waals surface area contributed by atoms with E-state index in [0.29, 0.717) is 17.7 Å². The van der Waals surface area contributed by atoms with E-state index in [0.717, 1.165) is 6.42 Å². The predicted octanol–water partition coefficient (Wildman–Crippen LogP) is 2.51. The number of benzene rings is 1. The summed E-state index contributed by atoms with van der Waals surface area (Å²) in [6.07, 6.45) is 1.41. The van der Waals surface area contributed by atoms with Gasteiger partial charge in [0.2, 0.25) is 0 Å². The monoisotopic (exact) mass is 260 g/mol. The zero-order chi connectivity index (χ0) is 13.6. The molecular formula is C15H17FN2O. The maximum absolute atomic E-state index is 13.9. The topological polar surface area (TPSA) is 41.5 Å². The average Bonchev–Trinajstić information content (AvgIpc) is 2.71. The first-order valence-corrected chi connectivity index (χ1v) is 6.59. The van der Waals surface area contributed by atoms with Gasteiger partial charge in [-0.05, 0) is 17.9 Å². The van der Waals surface area contributed by atoms with Crippen LogP contribution in [-0.4, -0.2) is 17.5 Å². The minimum Gasteiger partial charge on any atom is -0.306 e. The Hall–Kier alpha value is -1.71. The molecule has 1 saturated carbocycles. The van der Waals surface area contributed by atoms with Crippen molar-refractivity contribution in [1.82, 2.24) is 5.43 Å². The molecule has 4 heteroatoms. The third kappa shape index (κ3) is 2.05. The number of nitrogens with zero attached hydrogens (tertiary/aromatic N) is 1. The van der Waals surface area contributed by atoms with Crippen LogP contribution in [0.25, 0.3) is 0 Å². The van der Waals surface area contributed by atoms with Crippen LogP contribution in [0.1, 0.15) is 32.3 Å². The number of carbonyl (C=O) groups is 1. The number of carbonyl (C=O) groups excluding carboxylic acids is 1. The maximum Gasteiger partial charge on any atom is 0.144 e. The number of hydrazone groups is 1. The number of rotatable bonds is 1. The van der Waals surface area contributed by atoms with E-state index in [2.05, 4.69) is 24.4 Å². The van der Waals surface area contributed by atoms with Crippen LogP contribution in [0.5, 0.6) is 0 Å².